The van der Waals surface area contributed by atoms with Crippen LogP contribution in [0.2, 0.25) is 0 Å². The Morgan fingerprint density at radius 3 is 2.60 bits per heavy atom. The van der Waals surface area contributed by atoms with Crippen molar-refractivity contribution in [2.75, 3.05) is 13.7 Å². The second-order valence-electron chi connectivity index (χ2n) is 6.61. The molecule has 0 bridgehead atoms. The van der Waals surface area contributed by atoms with Crippen LogP contribution in [0.4, 0.5) is 4.79 Å². The van der Waals surface area contributed by atoms with E-state index in [1.54, 1.807) is 27.9 Å². The van der Waals surface area contributed by atoms with E-state index in [0.29, 0.717) is 6.54 Å². The van der Waals surface area contributed by atoms with Crippen molar-refractivity contribution in [3.05, 3.63) is 29.8 Å². The number of methoxy groups -OCH3 is 1. The minimum atomic E-state index is -0.977. The number of amides is 4. The molecule has 136 valence electrons. The number of hydrogen-bond acceptors (Lipinski definition) is 4. The number of carbonyl (C=O) groups is 3. The van der Waals surface area contributed by atoms with Crippen LogP contribution in [0.3, 0.4) is 0 Å². The number of urea groups is 1. The fraction of sp³-hybridized carbons (Fsp3) is 0.500. The lowest BCUT2D eigenvalue weighted by Crippen LogP contribution is -2.49. The highest BCUT2D eigenvalue weighted by Crippen LogP contribution is 2.20. The average Bonchev–Trinajstić information content (AvgIpc) is 2.78. The number of hydrogen-bond donors (Lipinski definition) is 2. The van der Waals surface area contributed by atoms with Crippen molar-refractivity contribution in [1.29, 1.82) is 0 Å². The van der Waals surface area contributed by atoms with Crippen LogP contribution in [-0.4, -0.2) is 48.0 Å². The summed E-state index contributed by atoms with van der Waals surface area (Å²) in [5.41, 5.74) is 0.0957. The van der Waals surface area contributed by atoms with E-state index >= 15 is 0 Å². The lowest BCUT2D eigenvalue weighted by Gasteiger charge is -2.22. The molecule has 1 aromatic carbocycles. The second-order valence-corrected chi connectivity index (χ2v) is 6.61. The monoisotopic (exact) mass is 347 g/mol. The van der Waals surface area contributed by atoms with Gasteiger partial charge in [-0.3, -0.25) is 9.59 Å². The lowest BCUT2D eigenvalue weighted by molar-refractivity contribution is -0.137. The molecule has 1 saturated heterocycles. The van der Waals surface area contributed by atoms with Gasteiger partial charge >= 0.3 is 6.03 Å². The zero-order chi connectivity index (χ0) is 18.6. The number of nitrogens with zero attached hydrogens (tertiary/aromatic N) is 1. The van der Waals surface area contributed by atoms with Gasteiger partial charge in [0.15, 0.2) is 0 Å². The number of aryl methyl sites for hydroxylation is 1. The molecule has 2 N–H and O–H groups in total. The molecule has 0 aromatic heterocycles. The van der Waals surface area contributed by atoms with Crippen LogP contribution in [0.25, 0.3) is 0 Å². The van der Waals surface area contributed by atoms with Crippen LogP contribution in [0.15, 0.2) is 24.3 Å². The number of rotatable bonds is 7. The molecule has 1 aromatic rings. The van der Waals surface area contributed by atoms with Crippen LogP contribution in [0.5, 0.6) is 5.75 Å². The zero-order valence-corrected chi connectivity index (χ0v) is 15.1. The number of para-hydroxylation sites is 1. The van der Waals surface area contributed by atoms with E-state index in [1.165, 1.54) is 0 Å². The maximum atomic E-state index is 12.3. The van der Waals surface area contributed by atoms with Crippen molar-refractivity contribution in [1.82, 2.24) is 15.5 Å². The molecule has 0 spiro atoms. The molecule has 1 aliphatic rings. The molecule has 4 amide bonds. The Morgan fingerprint density at radius 2 is 2.00 bits per heavy atom. The van der Waals surface area contributed by atoms with Gasteiger partial charge in [-0.2, -0.15) is 0 Å². The summed E-state index contributed by atoms with van der Waals surface area (Å²) in [6.07, 6.45) is 1.49. The van der Waals surface area contributed by atoms with Crippen molar-refractivity contribution in [2.45, 2.75) is 45.2 Å². The standard InChI is InChI=1S/C18H25N3O4/c1-12(21-16(23)18(2,3)20-17(21)24)15(22)19-11-7-9-13-8-5-6-10-14(13)25-4/h5-6,8,10,12H,7,9,11H2,1-4H3,(H,19,22)(H,20,24)/t12-/m0/s1. The molecule has 1 heterocycles. The van der Waals surface area contributed by atoms with Gasteiger partial charge in [-0.05, 0) is 45.2 Å². The molecule has 25 heavy (non-hydrogen) atoms. The molecule has 0 unspecified atom stereocenters. The summed E-state index contributed by atoms with van der Waals surface area (Å²) in [4.78, 5) is 37.4. The van der Waals surface area contributed by atoms with Crippen molar-refractivity contribution in [3.63, 3.8) is 0 Å². The van der Waals surface area contributed by atoms with Crippen molar-refractivity contribution < 1.29 is 19.1 Å². The summed E-state index contributed by atoms with van der Waals surface area (Å²) >= 11 is 0. The first kappa shape index (κ1) is 18.8. The first-order valence-electron chi connectivity index (χ1n) is 8.33. The van der Waals surface area contributed by atoms with E-state index in [1.807, 2.05) is 24.3 Å². The summed E-state index contributed by atoms with van der Waals surface area (Å²) in [5, 5.41) is 5.36. The molecule has 1 aliphatic heterocycles. The molecule has 0 saturated carbocycles. The van der Waals surface area contributed by atoms with Gasteiger partial charge in [-0.25, -0.2) is 9.69 Å². The van der Waals surface area contributed by atoms with E-state index < -0.39 is 23.5 Å². The van der Waals surface area contributed by atoms with Gasteiger partial charge in [-0.1, -0.05) is 18.2 Å². The molecule has 7 nitrogen and oxygen atoms in total. The smallest absolute Gasteiger partial charge is 0.325 e. The Bertz CT molecular complexity index is 672. The summed E-state index contributed by atoms with van der Waals surface area (Å²) in [5.74, 6) is 0.0826. The lowest BCUT2D eigenvalue weighted by atomic mass is 10.1. The molecule has 2 rings (SSSR count). The largest absolute Gasteiger partial charge is 0.496 e. The highest BCUT2D eigenvalue weighted by Gasteiger charge is 2.47. The van der Waals surface area contributed by atoms with Gasteiger partial charge in [0.05, 0.1) is 7.11 Å². The molecule has 0 aliphatic carbocycles. The average molecular weight is 347 g/mol. The highest BCUT2D eigenvalue weighted by atomic mass is 16.5. The number of imide groups is 1. The van der Waals surface area contributed by atoms with Crippen molar-refractivity contribution in [2.24, 2.45) is 0 Å². The SMILES string of the molecule is COc1ccccc1CCCNC(=O)[C@H](C)N1C(=O)NC(C)(C)C1=O. The van der Waals surface area contributed by atoms with E-state index in [0.717, 1.165) is 29.1 Å². The molecule has 1 atom stereocenters. The number of benzene rings is 1. The van der Waals surface area contributed by atoms with Crippen LogP contribution >= 0.6 is 0 Å². The quantitative estimate of drug-likeness (QED) is 0.577. The minimum absolute atomic E-state index is 0.346. The third-order valence-corrected chi connectivity index (χ3v) is 4.27. The summed E-state index contributed by atoms with van der Waals surface area (Å²) in [6.45, 7) is 5.24. The molecular weight excluding hydrogens is 322 g/mol. The van der Waals surface area contributed by atoms with E-state index in [-0.39, 0.29) is 5.91 Å². The highest BCUT2D eigenvalue weighted by molar-refractivity contribution is 6.09. The Kier molecular flexibility index (Phi) is 5.66. The van der Waals surface area contributed by atoms with Crippen LogP contribution in [-0.2, 0) is 16.0 Å². The molecule has 0 radical (unpaired) electrons. The van der Waals surface area contributed by atoms with Crippen molar-refractivity contribution >= 4 is 17.8 Å². The number of ether oxygens (including phenoxy) is 1. The van der Waals surface area contributed by atoms with Gasteiger partial charge < -0.3 is 15.4 Å². The summed E-state index contributed by atoms with van der Waals surface area (Å²) in [7, 11) is 1.63. The minimum Gasteiger partial charge on any atom is -0.496 e. The van der Waals surface area contributed by atoms with Gasteiger partial charge in [0.1, 0.15) is 17.3 Å². The maximum Gasteiger partial charge on any atom is 0.325 e. The Hall–Kier alpha value is -2.57. The van der Waals surface area contributed by atoms with E-state index in [2.05, 4.69) is 10.6 Å². The van der Waals surface area contributed by atoms with Crippen molar-refractivity contribution in [3.8, 4) is 5.75 Å². The predicted molar refractivity (Wildman–Crippen MR) is 93.2 cm³/mol. The van der Waals surface area contributed by atoms with Gasteiger partial charge in [-0.15, -0.1) is 0 Å². The van der Waals surface area contributed by atoms with Gasteiger partial charge in [0.25, 0.3) is 5.91 Å². The second kappa shape index (κ2) is 7.55. The van der Waals surface area contributed by atoms with Gasteiger partial charge in [0, 0.05) is 6.54 Å². The third kappa shape index (κ3) is 4.10. The zero-order valence-electron chi connectivity index (χ0n) is 15.1. The Morgan fingerprint density at radius 1 is 1.32 bits per heavy atom. The summed E-state index contributed by atoms with van der Waals surface area (Å²) in [6, 6.07) is 6.35. The molecule has 1 fully saturated rings. The fourth-order valence-corrected chi connectivity index (χ4v) is 2.79. The predicted octanol–water partition coefficient (Wildman–Crippen LogP) is 1.46. The first-order valence-corrected chi connectivity index (χ1v) is 8.33. The summed E-state index contributed by atoms with van der Waals surface area (Å²) < 4.78 is 5.30. The van der Waals surface area contributed by atoms with E-state index in [4.69, 9.17) is 4.74 Å². The maximum absolute atomic E-state index is 12.3. The molecular formula is C18H25N3O4. The fourth-order valence-electron chi connectivity index (χ4n) is 2.79. The van der Waals surface area contributed by atoms with Crippen LogP contribution in [0.1, 0.15) is 32.8 Å². The van der Waals surface area contributed by atoms with E-state index in [9.17, 15) is 14.4 Å². The number of carbonyl (C=O) groups excluding carboxylic acids is 3. The topological polar surface area (TPSA) is 87.7 Å². The first-order chi connectivity index (χ1) is 11.8. The Labute approximate surface area is 147 Å². The third-order valence-electron chi connectivity index (χ3n) is 4.27. The van der Waals surface area contributed by atoms with Crippen LogP contribution in [0, 0.1) is 0 Å². The number of nitrogens with one attached hydrogen (secondary N) is 2. The Balaban J connectivity index is 1.84. The van der Waals surface area contributed by atoms with Gasteiger partial charge in [0.2, 0.25) is 5.91 Å². The molecule has 7 heteroatoms. The van der Waals surface area contributed by atoms with Crippen LogP contribution < -0.4 is 15.4 Å². The normalized spacial score (nSPS) is 17.2.